The second-order valence-corrected chi connectivity index (χ2v) is 7.83. The molecular weight excluding hydrogens is 449 g/mol. The van der Waals surface area contributed by atoms with Crippen molar-refractivity contribution < 1.29 is 19.1 Å². The molecule has 0 aliphatic heterocycles. The standard InChI is InChI=1S/C25H17Cl2NO4/c1-2-32-25(31)19-14-22(24(30)18-9-8-17(26)13-20(18)27)28-11-10-16(12-21(19)28)23(29)15-6-4-3-5-7-15/h3-14H,2H2,1H3. The molecule has 4 aromatic rings. The van der Waals surface area contributed by atoms with Gasteiger partial charge in [-0.15, -0.1) is 0 Å². The number of hydrogen-bond acceptors (Lipinski definition) is 4. The molecule has 32 heavy (non-hydrogen) atoms. The Kier molecular flexibility index (Phi) is 6.12. The van der Waals surface area contributed by atoms with Crippen LogP contribution in [0.15, 0.2) is 72.9 Å². The van der Waals surface area contributed by atoms with Crippen LogP contribution < -0.4 is 0 Å². The number of halogens is 2. The summed E-state index contributed by atoms with van der Waals surface area (Å²) in [5.41, 5.74) is 1.93. The molecule has 0 amide bonds. The molecule has 0 spiro atoms. The van der Waals surface area contributed by atoms with Gasteiger partial charge in [0.25, 0.3) is 0 Å². The van der Waals surface area contributed by atoms with Gasteiger partial charge in [0.05, 0.1) is 28.4 Å². The molecule has 0 aliphatic rings. The van der Waals surface area contributed by atoms with Crippen molar-refractivity contribution in [1.29, 1.82) is 0 Å². The van der Waals surface area contributed by atoms with Gasteiger partial charge in [-0.25, -0.2) is 4.79 Å². The van der Waals surface area contributed by atoms with Gasteiger partial charge in [-0.05, 0) is 43.3 Å². The van der Waals surface area contributed by atoms with Crippen molar-refractivity contribution in [1.82, 2.24) is 4.40 Å². The average molecular weight is 466 g/mol. The maximum atomic E-state index is 13.3. The van der Waals surface area contributed by atoms with Gasteiger partial charge in [-0.2, -0.15) is 0 Å². The Morgan fingerprint density at radius 1 is 0.844 bits per heavy atom. The number of ether oxygens (including phenoxy) is 1. The Morgan fingerprint density at radius 3 is 2.28 bits per heavy atom. The first-order valence-corrected chi connectivity index (χ1v) is 10.6. The third kappa shape index (κ3) is 4.05. The molecule has 2 heterocycles. The lowest BCUT2D eigenvalue weighted by Crippen LogP contribution is -2.07. The number of carbonyl (C=O) groups is 3. The van der Waals surface area contributed by atoms with Crippen molar-refractivity contribution in [2.45, 2.75) is 6.92 Å². The molecule has 0 radical (unpaired) electrons. The summed E-state index contributed by atoms with van der Waals surface area (Å²) < 4.78 is 6.72. The van der Waals surface area contributed by atoms with E-state index in [0.717, 1.165) is 0 Å². The molecule has 0 N–H and O–H groups in total. The molecule has 2 aromatic heterocycles. The highest BCUT2D eigenvalue weighted by atomic mass is 35.5. The molecular formula is C25H17Cl2NO4. The summed E-state index contributed by atoms with van der Waals surface area (Å²) in [4.78, 5) is 38.8. The maximum Gasteiger partial charge on any atom is 0.340 e. The van der Waals surface area contributed by atoms with E-state index in [2.05, 4.69) is 0 Å². The smallest absolute Gasteiger partial charge is 0.340 e. The number of fused-ring (bicyclic) bond motifs is 1. The van der Waals surface area contributed by atoms with Gasteiger partial charge in [0.2, 0.25) is 5.78 Å². The summed E-state index contributed by atoms with van der Waals surface area (Å²) in [5.74, 6) is -1.17. The first-order chi connectivity index (χ1) is 15.4. The van der Waals surface area contributed by atoms with E-state index in [4.69, 9.17) is 27.9 Å². The number of nitrogens with zero attached hydrogens (tertiary/aromatic N) is 1. The van der Waals surface area contributed by atoms with E-state index in [1.165, 1.54) is 18.2 Å². The molecule has 7 heteroatoms. The molecule has 0 saturated heterocycles. The fourth-order valence-corrected chi connectivity index (χ4v) is 3.95. The summed E-state index contributed by atoms with van der Waals surface area (Å²) >= 11 is 12.2. The monoisotopic (exact) mass is 465 g/mol. The summed E-state index contributed by atoms with van der Waals surface area (Å²) in [6, 6.07) is 18.0. The SMILES string of the molecule is CCOC(=O)c1cc(C(=O)c2ccc(Cl)cc2Cl)n2ccc(C(=O)c3ccccc3)cc12. The van der Waals surface area contributed by atoms with Gasteiger partial charge in [0, 0.05) is 27.9 Å². The largest absolute Gasteiger partial charge is 0.462 e. The van der Waals surface area contributed by atoms with E-state index in [-0.39, 0.29) is 40.0 Å². The highest BCUT2D eigenvalue weighted by Crippen LogP contribution is 2.27. The maximum absolute atomic E-state index is 13.3. The zero-order valence-electron chi connectivity index (χ0n) is 17.0. The number of pyridine rings is 1. The van der Waals surface area contributed by atoms with Gasteiger partial charge in [0.15, 0.2) is 5.78 Å². The Bertz CT molecular complexity index is 1360. The summed E-state index contributed by atoms with van der Waals surface area (Å²) in [7, 11) is 0. The molecule has 2 aromatic carbocycles. The number of ketones is 2. The summed E-state index contributed by atoms with van der Waals surface area (Å²) in [6.45, 7) is 1.87. The van der Waals surface area contributed by atoms with Crippen LogP contribution in [0.4, 0.5) is 0 Å². The van der Waals surface area contributed by atoms with E-state index in [1.807, 2.05) is 6.07 Å². The van der Waals surface area contributed by atoms with Gasteiger partial charge in [-0.1, -0.05) is 53.5 Å². The lowest BCUT2D eigenvalue weighted by molar-refractivity contribution is 0.0528. The topological polar surface area (TPSA) is 64.8 Å². The van der Waals surface area contributed by atoms with Crippen LogP contribution >= 0.6 is 23.2 Å². The first kappa shape index (κ1) is 21.8. The molecule has 4 rings (SSSR count). The van der Waals surface area contributed by atoms with Crippen molar-refractivity contribution in [3.05, 3.63) is 111 Å². The van der Waals surface area contributed by atoms with Crippen LogP contribution in [0.3, 0.4) is 0 Å². The second-order valence-electron chi connectivity index (χ2n) is 6.98. The summed E-state index contributed by atoms with van der Waals surface area (Å²) in [6.07, 6.45) is 1.59. The van der Waals surface area contributed by atoms with E-state index in [0.29, 0.717) is 21.7 Å². The molecule has 0 atom stereocenters. The van der Waals surface area contributed by atoms with Crippen molar-refractivity contribution in [2.75, 3.05) is 6.61 Å². The first-order valence-electron chi connectivity index (χ1n) is 9.82. The lowest BCUT2D eigenvalue weighted by atomic mass is 10.0. The van der Waals surface area contributed by atoms with Crippen LogP contribution in [-0.2, 0) is 4.74 Å². The van der Waals surface area contributed by atoms with Crippen LogP contribution in [0, 0.1) is 0 Å². The quantitative estimate of drug-likeness (QED) is 0.263. The number of rotatable bonds is 6. The van der Waals surface area contributed by atoms with E-state index in [1.54, 1.807) is 60.0 Å². The van der Waals surface area contributed by atoms with Crippen molar-refractivity contribution >= 4 is 46.3 Å². The zero-order valence-corrected chi connectivity index (χ0v) is 18.5. The predicted octanol–water partition coefficient (Wildman–Crippen LogP) is 5.88. The minimum Gasteiger partial charge on any atom is -0.462 e. The molecule has 5 nitrogen and oxygen atoms in total. The van der Waals surface area contributed by atoms with Crippen molar-refractivity contribution in [2.24, 2.45) is 0 Å². The zero-order chi connectivity index (χ0) is 22.8. The molecule has 0 bridgehead atoms. The van der Waals surface area contributed by atoms with E-state index in [9.17, 15) is 14.4 Å². The Hall–Kier alpha value is -3.41. The molecule has 0 unspecified atom stereocenters. The highest BCUT2D eigenvalue weighted by Gasteiger charge is 2.24. The number of hydrogen-bond donors (Lipinski definition) is 0. The highest BCUT2D eigenvalue weighted by molar-refractivity contribution is 6.37. The number of esters is 1. The van der Waals surface area contributed by atoms with Crippen LogP contribution in [0.2, 0.25) is 10.0 Å². The van der Waals surface area contributed by atoms with Gasteiger partial charge < -0.3 is 9.14 Å². The third-order valence-corrected chi connectivity index (χ3v) is 5.52. The number of benzene rings is 2. The number of aromatic nitrogens is 1. The van der Waals surface area contributed by atoms with Crippen LogP contribution in [-0.4, -0.2) is 28.5 Å². The van der Waals surface area contributed by atoms with Crippen molar-refractivity contribution in [3.63, 3.8) is 0 Å². The van der Waals surface area contributed by atoms with Crippen LogP contribution in [0.25, 0.3) is 5.52 Å². The fourth-order valence-electron chi connectivity index (χ4n) is 3.45. The van der Waals surface area contributed by atoms with Gasteiger partial charge in [0.1, 0.15) is 0 Å². The molecule has 0 aliphatic carbocycles. The molecule has 0 saturated carbocycles. The van der Waals surface area contributed by atoms with Crippen molar-refractivity contribution in [3.8, 4) is 0 Å². The minimum atomic E-state index is -0.587. The third-order valence-electron chi connectivity index (χ3n) is 4.97. The second kappa shape index (κ2) is 8.99. The van der Waals surface area contributed by atoms with Gasteiger partial charge in [-0.3, -0.25) is 9.59 Å². The summed E-state index contributed by atoms with van der Waals surface area (Å²) in [5, 5.41) is 0.605. The average Bonchev–Trinajstić information content (AvgIpc) is 3.18. The van der Waals surface area contributed by atoms with Crippen LogP contribution in [0.1, 0.15) is 49.3 Å². The Morgan fingerprint density at radius 2 is 1.59 bits per heavy atom. The van der Waals surface area contributed by atoms with E-state index < -0.39 is 5.97 Å². The molecule has 160 valence electrons. The normalized spacial score (nSPS) is 10.8. The van der Waals surface area contributed by atoms with Crippen LogP contribution in [0.5, 0.6) is 0 Å². The van der Waals surface area contributed by atoms with E-state index >= 15 is 0 Å². The van der Waals surface area contributed by atoms with Gasteiger partial charge >= 0.3 is 5.97 Å². The molecule has 0 fully saturated rings. The fraction of sp³-hybridized carbons (Fsp3) is 0.0800. The Labute approximate surface area is 194 Å². The lowest BCUT2D eigenvalue weighted by Gasteiger charge is -2.07. The number of carbonyl (C=O) groups excluding carboxylic acids is 3. The minimum absolute atomic E-state index is 0.172. The Balaban J connectivity index is 1.87. The predicted molar refractivity (Wildman–Crippen MR) is 123 cm³/mol.